The van der Waals surface area contributed by atoms with Gasteiger partial charge in [-0.2, -0.15) is 0 Å². The van der Waals surface area contributed by atoms with Gasteiger partial charge in [0, 0.05) is 24.6 Å². The second kappa shape index (κ2) is 7.40. The van der Waals surface area contributed by atoms with Crippen LogP contribution in [0.1, 0.15) is 10.5 Å². The number of ether oxygens (including phenoxy) is 2. The molecule has 2 aromatic rings. The van der Waals surface area contributed by atoms with Crippen LogP contribution in [-0.2, 0) is 4.74 Å². The first kappa shape index (κ1) is 15.8. The van der Waals surface area contributed by atoms with E-state index in [1.54, 1.807) is 31.7 Å². The SMILES string of the molecule is COCCNC(=O)c1csc(-c2ccc(OC)cc2Cl)n1. The Balaban J connectivity index is 2.14. The number of halogens is 1. The number of thiazole rings is 1. The van der Waals surface area contributed by atoms with Crippen LogP contribution in [0.2, 0.25) is 5.02 Å². The summed E-state index contributed by atoms with van der Waals surface area (Å²) in [5.41, 5.74) is 1.15. The molecule has 0 radical (unpaired) electrons. The maximum atomic E-state index is 11.9. The van der Waals surface area contributed by atoms with Crippen LogP contribution in [-0.4, -0.2) is 38.3 Å². The van der Waals surface area contributed by atoms with Gasteiger partial charge in [0.2, 0.25) is 0 Å². The van der Waals surface area contributed by atoms with E-state index in [2.05, 4.69) is 10.3 Å². The van der Waals surface area contributed by atoms with E-state index in [9.17, 15) is 4.79 Å². The number of carbonyl (C=O) groups excluding carboxylic acids is 1. The monoisotopic (exact) mass is 326 g/mol. The summed E-state index contributed by atoms with van der Waals surface area (Å²) < 4.78 is 9.99. The molecule has 7 heteroatoms. The lowest BCUT2D eigenvalue weighted by molar-refractivity contribution is 0.0933. The van der Waals surface area contributed by atoms with Crippen LogP contribution >= 0.6 is 22.9 Å². The van der Waals surface area contributed by atoms with Crippen molar-refractivity contribution in [3.8, 4) is 16.3 Å². The van der Waals surface area contributed by atoms with Crippen molar-refractivity contribution in [2.24, 2.45) is 0 Å². The number of hydrogen-bond donors (Lipinski definition) is 1. The maximum absolute atomic E-state index is 11.9. The third-order valence-corrected chi connectivity index (χ3v) is 3.92. The van der Waals surface area contributed by atoms with E-state index in [1.807, 2.05) is 6.07 Å². The minimum Gasteiger partial charge on any atom is -0.497 e. The Morgan fingerprint density at radius 2 is 2.24 bits per heavy atom. The van der Waals surface area contributed by atoms with Crippen molar-refractivity contribution in [1.29, 1.82) is 0 Å². The molecule has 0 aliphatic heterocycles. The molecule has 0 spiro atoms. The van der Waals surface area contributed by atoms with E-state index in [0.29, 0.717) is 34.6 Å². The highest BCUT2D eigenvalue weighted by Crippen LogP contribution is 2.33. The summed E-state index contributed by atoms with van der Waals surface area (Å²) in [7, 11) is 3.16. The number of rotatable bonds is 6. The zero-order valence-corrected chi connectivity index (χ0v) is 13.3. The first-order valence-corrected chi connectivity index (χ1v) is 7.48. The van der Waals surface area contributed by atoms with Crippen LogP contribution in [0.3, 0.4) is 0 Å². The third kappa shape index (κ3) is 3.93. The molecule has 0 saturated heterocycles. The zero-order chi connectivity index (χ0) is 15.2. The van der Waals surface area contributed by atoms with Gasteiger partial charge in [0.15, 0.2) is 0 Å². The van der Waals surface area contributed by atoms with Crippen molar-refractivity contribution < 1.29 is 14.3 Å². The van der Waals surface area contributed by atoms with Crippen LogP contribution in [0.25, 0.3) is 10.6 Å². The summed E-state index contributed by atoms with van der Waals surface area (Å²) in [5, 5.41) is 5.66. The number of amides is 1. The van der Waals surface area contributed by atoms with Gasteiger partial charge in [-0.1, -0.05) is 11.6 Å². The number of nitrogens with zero attached hydrogens (tertiary/aromatic N) is 1. The molecule has 0 aliphatic carbocycles. The van der Waals surface area contributed by atoms with Gasteiger partial charge in [0.1, 0.15) is 16.5 Å². The lowest BCUT2D eigenvalue weighted by atomic mass is 10.2. The molecular formula is C14H15ClN2O3S. The number of aromatic nitrogens is 1. The molecule has 0 bridgehead atoms. The Bertz CT molecular complexity index is 630. The van der Waals surface area contributed by atoms with Gasteiger partial charge in [-0.25, -0.2) is 4.98 Å². The van der Waals surface area contributed by atoms with Crippen molar-refractivity contribution in [2.75, 3.05) is 27.4 Å². The van der Waals surface area contributed by atoms with Gasteiger partial charge < -0.3 is 14.8 Å². The van der Waals surface area contributed by atoms with Crippen molar-refractivity contribution in [2.45, 2.75) is 0 Å². The Kier molecular flexibility index (Phi) is 5.55. The Morgan fingerprint density at radius 1 is 1.43 bits per heavy atom. The van der Waals surface area contributed by atoms with Crippen molar-refractivity contribution in [3.05, 3.63) is 34.3 Å². The quantitative estimate of drug-likeness (QED) is 0.829. The zero-order valence-electron chi connectivity index (χ0n) is 11.7. The second-order valence-electron chi connectivity index (χ2n) is 4.13. The fourth-order valence-electron chi connectivity index (χ4n) is 1.66. The number of nitrogens with one attached hydrogen (secondary N) is 1. The van der Waals surface area contributed by atoms with Gasteiger partial charge in [0.25, 0.3) is 5.91 Å². The summed E-state index contributed by atoms with van der Waals surface area (Å²) in [4.78, 5) is 16.2. The van der Waals surface area contributed by atoms with E-state index >= 15 is 0 Å². The van der Waals surface area contributed by atoms with E-state index in [4.69, 9.17) is 21.1 Å². The van der Waals surface area contributed by atoms with Gasteiger partial charge in [-0.3, -0.25) is 4.79 Å². The molecule has 1 aromatic heterocycles. The largest absolute Gasteiger partial charge is 0.497 e. The average Bonchev–Trinajstić information content (AvgIpc) is 2.97. The van der Waals surface area contributed by atoms with Crippen LogP contribution in [0, 0.1) is 0 Å². The first-order valence-electron chi connectivity index (χ1n) is 6.22. The molecule has 0 fully saturated rings. The molecule has 0 aliphatic rings. The fraction of sp³-hybridized carbons (Fsp3) is 0.286. The van der Waals surface area contributed by atoms with Crippen LogP contribution in [0.5, 0.6) is 5.75 Å². The number of benzene rings is 1. The first-order chi connectivity index (χ1) is 10.2. The van der Waals surface area contributed by atoms with Crippen LogP contribution in [0.4, 0.5) is 0 Å². The van der Waals surface area contributed by atoms with E-state index < -0.39 is 0 Å². The molecule has 2 rings (SSSR count). The number of hydrogen-bond acceptors (Lipinski definition) is 5. The highest BCUT2D eigenvalue weighted by atomic mass is 35.5. The third-order valence-electron chi connectivity index (χ3n) is 2.74. The Labute approximate surface area is 131 Å². The minimum absolute atomic E-state index is 0.223. The highest BCUT2D eigenvalue weighted by molar-refractivity contribution is 7.13. The van der Waals surface area contributed by atoms with Crippen LogP contribution in [0.15, 0.2) is 23.6 Å². The minimum atomic E-state index is -0.223. The van der Waals surface area contributed by atoms with Gasteiger partial charge >= 0.3 is 0 Å². The average molecular weight is 327 g/mol. The Hall–Kier alpha value is -1.63. The lowest BCUT2D eigenvalue weighted by Gasteiger charge is -2.04. The van der Waals surface area contributed by atoms with Crippen molar-refractivity contribution in [3.63, 3.8) is 0 Å². The summed E-state index contributed by atoms with van der Waals surface area (Å²) in [6, 6.07) is 5.35. The molecule has 0 unspecified atom stereocenters. The summed E-state index contributed by atoms with van der Waals surface area (Å²) >= 11 is 7.57. The highest BCUT2D eigenvalue weighted by Gasteiger charge is 2.13. The second-order valence-corrected chi connectivity index (χ2v) is 5.40. The van der Waals surface area contributed by atoms with Gasteiger partial charge in [-0.15, -0.1) is 11.3 Å². The lowest BCUT2D eigenvalue weighted by Crippen LogP contribution is -2.27. The fourth-order valence-corrected chi connectivity index (χ4v) is 2.81. The molecule has 1 heterocycles. The topological polar surface area (TPSA) is 60.5 Å². The molecule has 0 atom stereocenters. The Morgan fingerprint density at radius 3 is 2.90 bits per heavy atom. The van der Waals surface area contributed by atoms with Crippen molar-refractivity contribution in [1.82, 2.24) is 10.3 Å². The predicted octanol–water partition coefficient (Wildman–Crippen LogP) is 2.85. The smallest absolute Gasteiger partial charge is 0.270 e. The number of methoxy groups -OCH3 is 2. The van der Waals surface area contributed by atoms with Crippen LogP contribution < -0.4 is 10.1 Å². The molecule has 1 aromatic carbocycles. The standard InChI is InChI=1S/C14H15ClN2O3S/c1-19-6-5-16-13(18)12-8-21-14(17-12)10-4-3-9(20-2)7-11(10)15/h3-4,7-8H,5-6H2,1-2H3,(H,16,18). The summed E-state index contributed by atoms with van der Waals surface area (Å²) in [6.45, 7) is 0.915. The normalized spacial score (nSPS) is 10.4. The molecule has 1 N–H and O–H groups in total. The van der Waals surface area contributed by atoms with E-state index in [1.165, 1.54) is 11.3 Å². The summed E-state index contributed by atoms with van der Waals surface area (Å²) in [5.74, 6) is 0.456. The molecule has 0 saturated carbocycles. The molecule has 1 amide bonds. The van der Waals surface area contributed by atoms with E-state index in [-0.39, 0.29) is 5.91 Å². The predicted molar refractivity (Wildman–Crippen MR) is 83.3 cm³/mol. The molecule has 21 heavy (non-hydrogen) atoms. The van der Waals surface area contributed by atoms with E-state index in [0.717, 1.165) is 5.56 Å². The van der Waals surface area contributed by atoms with Crippen molar-refractivity contribution >= 4 is 28.8 Å². The maximum Gasteiger partial charge on any atom is 0.270 e. The molecular weight excluding hydrogens is 312 g/mol. The van der Waals surface area contributed by atoms with Gasteiger partial charge in [-0.05, 0) is 18.2 Å². The molecule has 112 valence electrons. The number of carbonyl (C=O) groups is 1. The summed E-state index contributed by atoms with van der Waals surface area (Å²) in [6.07, 6.45) is 0. The molecule has 5 nitrogen and oxygen atoms in total. The van der Waals surface area contributed by atoms with Gasteiger partial charge in [0.05, 0.1) is 18.7 Å².